The van der Waals surface area contributed by atoms with Crippen molar-refractivity contribution in [2.45, 2.75) is 19.4 Å². The van der Waals surface area contributed by atoms with Gasteiger partial charge in [-0.15, -0.1) is 0 Å². The van der Waals surface area contributed by atoms with Crippen LogP contribution in [0.5, 0.6) is 5.75 Å². The van der Waals surface area contributed by atoms with Crippen molar-refractivity contribution in [2.24, 2.45) is 5.92 Å². The summed E-state index contributed by atoms with van der Waals surface area (Å²) >= 11 is 0. The lowest BCUT2D eigenvalue weighted by Gasteiger charge is -2.11. The quantitative estimate of drug-likeness (QED) is 0.801. The van der Waals surface area contributed by atoms with Crippen LogP contribution in [0.15, 0.2) is 18.2 Å². The number of hydrogen-bond donors (Lipinski definition) is 2. The van der Waals surface area contributed by atoms with Crippen molar-refractivity contribution in [1.29, 1.82) is 0 Å². The first-order valence-electron chi connectivity index (χ1n) is 5.98. The van der Waals surface area contributed by atoms with Crippen molar-refractivity contribution in [3.63, 3.8) is 0 Å². The van der Waals surface area contributed by atoms with Crippen molar-refractivity contribution in [3.8, 4) is 5.75 Å². The monoisotopic (exact) mass is 253 g/mol. The zero-order chi connectivity index (χ0) is 13.0. The summed E-state index contributed by atoms with van der Waals surface area (Å²) in [4.78, 5) is 11.4. The number of rotatable bonds is 6. The van der Waals surface area contributed by atoms with Gasteiger partial charge in [0.1, 0.15) is 0 Å². The Balaban J connectivity index is 1.86. The Morgan fingerprint density at radius 3 is 2.94 bits per heavy atom. The number of aliphatic hydroxyl groups is 1. The normalized spacial score (nSPS) is 14.3. The number of ether oxygens (including phenoxy) is 1. The summed E-state index contributed by atoms with van der Waals surface area (Å²) in [5, 5.41) is 11.8. The number of para-hydroxylation sites is 1. The number of benzene rings is 1. The average molecular weight is 253 g/mol. The van der Waals surface area contributed by atoms with Gasteiger partial charge in [-0.2, -0.15) is 0 Å². The molecule has 1 aromatic carbocycles. The first-order valence-corrected chi connectivity index (χ1v) is 5.98. The maximum Gasteiger partial charge on any atom is 0.257 e. The van der Waals surface area contributed by atoms with E-state index in [9.17, 15) is 9.18 Å². The van der Waals surface area contributed by atoms with Crippen LogP contribution in [-0.4, -0.2) is 24.2 Å². The smallest absolute Gasteiger partial charge is 0.257 e. The number of halogens is 1. The fourth-order valence-electron chi connectivity index (χ4n) is 1.61. The molecular weight excluding hydrogens is 237 g/mol. The molecule has 0 unspecified atom stereocenters. The maximum atomic E-state index is 13.4. The summed E-state index contributed by atoms with van der Waals surface area (Å²) < 4.78 is 18.6. The van der Waals surface area contributed by atoms with Gasteiger partial charge in [-0.25, -0.2) is 4.39 Å². The minimum absolute atomic E-state index is 0.0541. The Kier molecular flexibility index (Phi) is 4.15. The molecule has 0 atom stereocenters. The SMILES string of the molecule is O=C(COc1c(F)cccc1CO)NCC1CC1. The predicted molar refractivity (Wildman–Crippen MR) is 63.6 cm³/mol. The topological polar surface area (TPSA) is 58.6 Å². The van der Waals surface area contributed by atoms with Gasteiger partial charge in [-0.3, -0.25) is 4.79 Å². The second-order valence-electron chi connectivity index (χ2n) is 4.42. The highest BCUT2D eigenvalue weighted by molar-refractivity contribution is 5.77. The molecule has 1 aliphatic carbocycles. The van der Waals surface area contributed by atoms with Crippen LogP contribution in [0, 0.1) is 11.7 Å². The third-order valence-corrected chi connectivity index (χ3v) is 2.85. The van der Waals surface area contributed by atoms with Gasteiger partial charge in [-0.05, 0) is 24.8 Å². The maximum absolute atomic E-state index is 13.4. The lowest BCUT2D eigenvalue weighted by Crippen LogP contribution is -2.30. The summed E-state index contributed by atoms with van der Waals surface area (Å²) in [6.07, 6.45) is 2.31. The second kappa shape index (κ2) is 5.82. The molecule has 0 heterocycles. The van der Waals surface area contributed by atoms with Gasteiger partial charge >= 0.3 is 0 Å². The van der Waals surface area contributed by atoms with Gasteiger partial charge in [0.15, 0.2) is 18.2 Å². The summed E-state index contributed by atoms with van der Waals surface area (Å²) in [7, 11) is 0. The third-order valence-electron chi connectivity index (χ3n) is 2.85. The Morgan fingerprint density at radius 2 is 2.28 bits per heavy atom. The van der Waals surface area contributed by atoms with Crippen LogP contribution in [0.4, 0.5) is 4.39 Å². The Morgan fingerprint density at radius 1 is 1.50 bits per heavy atom. The molecule has 1 aliphatic rings. The molecule has 1 fully saturated rings. The number of hydrogen-bond acceptors (Lipinski definition) is 3. The van der Waals surface area contributed by atoms with Crippen LogP contribution in [0.1, 0.15) is 18.4 Å². The highest BCUT2D eigenvalue weighted by Crippen LogP contribution is 2.27. The first kappa shape index (κ1) is 12.8. The third kappa shape index (κ3) is 3.43. The molecule has 1 saturated carbocycles. The van der Waals surface area contributed by atoms with Crippen LogP contribution in [0.3, 0.4) is 0 Å². The highest BCUT2D eigenvalue weighted by Gasteiger charge is 2.21. The van der Waals surface area contributed by atoms with Gasteiger partial charge in [-0.1, -0.05) is 12.1 Å². The number of carbonyl (C=O) groups excluding carboxylic acids is 1. The molecule has 0 spiro atoms. The molecule has 2 N–H and O–H groups in total. The molecule has 2 rings (SSSR count). The molecule has 1 aromatic rings. The molecule has 0 radical (unpaired) electrons. The van der Waals surface area contributed by atoms with Crippen molar-refractivity contribution in [3.05, 3.63) is 29.6 Å². The lowest BCUT2D eigenvalue weighted by atomic mass is 10.2. The number of aliphatic hydroxyl groups excluding tert-OH is 1. The van der Waals surface area contributed by atoms with E-state index in [1.807, 2.05) is 0 Å². The van der Waals surface area contributed by atoms with Gasteiger partial charge in [0.2, 0.25) is 0 Å². The van der Waals surface area contributed by atoms with Crippen LogP contribution in [0.25, 0.3) is 0 Å². The molecule has 5 heteroatoms. The van der Waals surface area contributed by atoms with Crippen molar-refractivity contribution in [1.82, 2.24) is 5.32 Å². The van der Waals surface area contributed by atoms with Gasteiger partial charge < -0.3 is 15.2 Å². The van der Waals surface area contributed by atoms with E-state index in [-0.39, 0.29) is 24.9 Å². The average Bonchev–Trinajstić information content (AvgIpc) is 3.18. The lowest BCUT2D eigenvalue weighted by molar-refractivity contribution is -0.123. The Labute approximate surface area is 105 Å². The van der Waals surface area contributed by atoms with E-state index < -0.39 is 5.82 Å². The van der Waals surface area contributed by atoms with Crippen molar-refractivity contribution < 1.29 is 19.0 Å². The van der Waals surface area contributed by atoms with E-state index in [0.717, 1.165) is 12.8 Å². The van der Waals surface area contributed by atoms with Gasteiger partial charge in [0.05, 0.1) is 6.61 Å². The molecule has 18 heavy (non-hydrogen) atoms. The second-order valence-corrected chi connectivity index (χ2v) is 4.42. The number of nitrogens with one attached hydrogen (secondary N) is 1. The Bertz CT molecular complexity index is 432. The molecule has 4 nitrogen and oxygen atoms in total. The van der Waals surface area contributed by atoms with E-state index in [2.05, 4.69) is 5.32 Å². The van der Waals surface area contributed by atoms with E-state index in [1.165, 1.54) is 12.1 Å². The zero-order valence-electron chi connectivity index (χ0n) is 9.99. The molecule has 0 saturated heterocycles. The minimum Gasteiger partial charge on any atom is -0.480 e. The fourth-order valence-corrected chi connectivity index (χ4v) is 1.61. The standard InChI is InChI=1S/C13H16FNO3/c14-11-3-1-2-10(7-16)13(11)18-8-12(17)15-6-9-4-5-9/h1-3,9,16H,4-8H2,(H,15,17). The largest absolute Gasteiger partial charge is 0.480 e. The predicted octanol–water partition coefficient (Wildman–Crippen LogP) is 1.22. The van der Waals surface area contributed by atoms with Crippen LogP contribution in [0.2, 0.25) is 0 Å². The summed E-state index contributed by atoms with van der Waals surface area (Å²) in [5.74, 6) is -0.303. The molecule has 0 aliphatic heterocycles. The Hall–Kier alpha value is -1.62. The van der Waals surface area contributed by atoms with Crippen LogP contribution in [-0.2, 0) is 11.4 Å². The first-order chi connectivity index (χ1) is 8.70. The fraction of sp³-hybridized carbons (Fsp3) is 0.462. The minimum atomic E-state index is -0.573. The van der Waals surface area contributed by atoms with Gasteiger partial charge in [0.25, 0.3) is 5.91 Å². The van der Waals surface area contributed by atoms with Crippen LogP contribution < -0.4 is 10.1 Å². The number of carbonyl (C=O) groups is 1. The molecule has 1 amide bonds. The molecule has 0 bridgehead atoms. The van der Waals surface area contributed by atoms with E-state index in [1.54, 1.807) is 6.07 Å². The summed E-state index contributed by atoms with van der Waals surface area (Å²) in [5.41, 5.74) is 0.338. The van der Waals surface area contributed by atoms with Crippen LogP contribution >= 0.6 is 0 Å². The van der Waals surface area contributed by atoms with Gasteiger partial charge in [0, 0.05) is 12.1 Å². The van der Waals surface area contributed by atoms with Crippen molar-refractivity contribution in [2.75, 3.05) is 13.2 Å². The van der Waals surface area contributed by atoms with E-state index in [0.29, 0.717) is 18.0 Å². The molecular formula is C13H16FNO3. The number of amides is 1. The molecule has 98 valence electrons. The summed E-state index contributed by atoms with van der Waals surface area (Å²) in [6.45, 7) is 0.101. The highest BCUT2D eigenvalue weighted by atomic mass is 19.1. The zero-order valence-corrected chi connectivity index (χ0v) is 9.99. The summed E-state index contributed by atoms with van der Waals surface area (Å²) in [6, 6.07) is 4.28. The molecule has 0 aromatic heterocycles. The van der Waals surface area contributed by atoms with E-state index >= 15 is 0 Å². The van der Waals surface area contributed by atoms with Crippen molar-refractivity contribution >= 4 is 5.91 Å². The van der Waals surface area contributed by atoms with E-state index in [4.69, 9.17) is 9.84 Å².